The zero-order chi connectivity index (χ0) is 12.5. The summed E-state index contributed by atoms with van der Waals surface area (Å²) in [5.74, 6) is 0.694. The summed E-state index contributed by atoms with van der Waals surface area (Å²) >= 11 is 0. The molecule has 0 unspecified atom stereocenters. The first-order chi connectivity index (χ1) is 8.26. The number of carbonyl (C=O) groups is 1. The Morgan fingerprint density at radius 1 is 1.47 bits per heavy atom. The molecule has 2 N–H and O–H groups in total. The number of pyridine rings is 1. The Hall–Kier alpha value is -1.78. The lowest BCUT2D eigenvalue weighted by atomic mass is 10.3. The summed E-state index contributed by atoms with van der Waals surface area (Å²) in [4.78, 5) is 15.1. The van der Waals surface area contributed by atoms with Crippen LogP contribution >= 0.6 is 0 Å². The first-order valence-corrected chi connectivity index (χ1v) is 5.79. The van der Waals surface area contributed by atoms with E-state index in [1.54, 1.807) is 13.2 Å². The molecule has 0 aliphatic carbocycles. The molecule has 0 aliphatic heterocycles. The van der Waals surface area contributed by atoms with Crippen molar-refractivity contribution in [2.45, 2.75) is 19.8 Å². The van der Waals surface area contributed by atoms with Gasteiger partial charge in [-0.2, -0.15) is 0 Å². The number of rotatable bonds is 7. The second-order valence-electron chi connectivity index (χ2n) is 3.52. The van der Waals surface area contributed by atoms with Gasteiger partial charge in [0.15, 0.2) is 0 Å². The molecule has 0 radical (unpaired) electrons. The first kappa shape index (κ1) is 13.3. The van der Waals surface area contributed by atoms with Gasteiger partial charge in [-0.1, -0.05) is 0 Å². The fourth-order valence-corrected chi connectivity index (χ4v) is 1.32. The van der Waals surface area contributed by atoms with Crippen LogP contribution in [0.1, 0.15) is 19.8 Å². The number of hydrogen-bond acceptors (Lipinski definition) is 4. The largest absolute Gasteiger partial charge is 0.478 e. The number of carbonyl (C=O) groups excluding carboxylic acids is 1. The number of anilines is 1. The van der Waals surface area contributed by atoms with Gasteiger partial charge in [0.1, 0.15) is 0 Å². The summed E-state index contributed by atoms with van der Waals surface area (Å²) in [5, 5.41) is 5.78. The van der Waals surface area contributed by atoms with E-state index in [1.165, 1.54) is 0 Å². The van der Waals surface area contributed by atoms with Gasteiger partial charge in [-0.25, -0.2) is 4.98 Å². The number of hydrogen-bond donors (Lipinski definition) is 2. The Labute approximate surface area is 102 Å². The molecule has 1 aromatic heterocycles. The molecule has 0 aliphatic rings. The van der Waals surface area contributed by atoms with Gasteiger partial charge in [0, 0.05) is 26.1 Å². The van der Waals surface area contributed by atoms with Gasteiger partial charge in [-0.05, 0) is 19.4 Å². The van der Waals surface area contributed by atoms with E-state index >= 15 is 0 Å². The highest BCUT2D eigenvalue weighted by Crippen LogP contribution is 2.11. The summed E-state index contributed by atoms with van der Waals surface area (Å²) in [7, 11) is 1.64. The number of ether oxygens (including phenoxy) is 1. The van der Waals surface area contributed by atoms with E-state index in [9.17, 15) is 4.79 Å². The zero-order valence-electron chi connectivity index (χ0n) is 10.3. The van der Waals surface area contributed by atoms with Gasteiger partial charge in [0.25, 0.3) is 0 Å². The fraction of sp³-hybridized carbons (Fsp3) is 0.500. The van der Waals surface area contributed by atoms with Crippen molar-refractivity contribution < 1.29 is 9.53 Å². The Morgan fingerprint density at radius 2 is 2.29 bits per heavy atom. The highest BCUT2D eigenvalue weighted by molar-refractivity contribution is 5.75. The third-order valence-electron chi connectivity index (χ3n) is 2.22. The maximum absolute atomic E-state index is 11.0. The van der Waals surface area contributed by atoms with Crippen LogP contribution in [0.25, 0.3) is 0 Å². The molecule has 0 saturated carbocycles. The standard InChI is InChI=1S/C12H19N3O2/c1-3-17-12-7-6-10(9-15-12)14-8-4-5-11(16)13-2/h6-7,9,14H,3-5,8H2,1-2H3,(H,13,16). The van der Waals surface area contributed by atoms with Crippen molar-refractivity contribution in [2.75, 3.05) is 25.5 Å². The normalized spacial score (nSPS) is 9.76. The van der Waals surface area contributed by atoms with Gasteiger partial charge < -0.3 is 15.4 Å². The Bertz CT molecular complexity index is 338. The molecule has 1 heterocycles. The van der Waals surface area contributed by atoms with Crippen molar-refractivity contribution in [3.63, 3.8) is 0 Å². The average Bonchev–Trinajstić information content (AvgIpc) is 2.36. The third-order valence-corrected chi connectivity index (χ3v) is 2.22. The van der Waals surface area contributed by atoms with Crippen LogP contribution in [0, 0.1) is 0 Å². The molecular weight excluding hydrogens is 218 g/mol. The van der Waals surface area contributed by atoms with Crippen LogP contribution in [0.5, 0.6) is 5.88 Å². The molecule has 5 nitrogen and oxygen atoms in total. The minimum atomic E-state index is 0.0663. The average molecular weight is 237 g/mol. The summed E-state index contributed by atoms with van der Waals surface area (Å²) in [6.07, 6.45) is 3.06. The van der Waals surface area contributed by atoms with Crippen molar-refractivity contribution in [3.8, 4) is 5.88 Å². The SMILES string of the molecule is CCOc1ccc(NCCCC(=O)NC)cn1. The summed E-state index contributed by atoms with van der Waals surface area (Å²) in [5.41, 5.74) is 0.936. The molecule has 0 aromatic carbocycles. The van der Waals surface area contributed by atoms with Crippen molar-refractivity contribution in [1.82, 2.24) is 10.3 Å². The maximum Gasteiger partial charge on any atom is 0.219 e. The smallest absolute Gasteiger partial charge is 0.219 e. The fourth-order valence-electron chi connectivity index (χ4n) is 1.32. The van der Waals surface area contributed by atoms with Crippen LogP contribution in [0.4, 0.5) is 5.69 Å². The number of nitrogens with zero attached hydrogens (tertiary/aromatic N) is 1. The highest BCUT2D eigenvalue weighted by atomic mass is 16.5. The third kappa shape index (κ3) is 5.19. The molecule has 0 spiro atoms. The molecular formula is C12H19N3O2. The Kier molecular flexibility index (Phi) is 5.85. The molecule has 0 bridgehead atoms. The maximum atomic E-state index is 11.0. The van der Waals surface area contributed by atoms with Gasteiger partial charge in [-0.15, -0.1) is 0 Å². The number of amides is 1. The van der Waals surface area contributed by atoms with Crippen molar-refractivity contribution in [3.05, 3.63) is 18.3 Å². The van der Waals surface area contributed by atoms with Crippen molar-refractivity contribution in [1.29, 1.82) is 0 Å². The molecule has 1 amide bonds. The Morgan fingerprint density at radius 3 is 2.88 bits per heavy atom. The summed E-state index contributed by atoms with van der Waals surface area (Å²) in [6.45, 7) is 3.29. The van der Waals surface area contributed by atoms with Crippen LogP contribution in [-0.2, 0) is 4.79 Å². The van der Waals surface area contributed by atoms with Gasteiger partial charge in [-0.3, -0.25) is 4.79 Å². The van der Waals surface area contributed by atoms with Gasteiger partial charge in [0.05, 0.1) is 18.5 Å². The quantitative estimate of drug-likeness (QED) is 0.704. The Balaban J connectivity index is 2.25. The predicted octanol–water partition coefficient (Wildman–Crippen LogP) is 1.42. The predicted molar refractivity (Wildman–Crippen MR) is 67.2 cm³/mol. The zero-order valence-corrected chi connectivity index (χ0v) is 10.3. The lowest BCUT2D eigenvalue weighted by Gasteiger charge is -2.06. The topological polar surface area (TPSA) is 63.2 Å². The van der Waals surface area contributed by atoms with E-state index in [0.29, 0.717) is 18.9 Å². The first-order valence-electron chi connectivity index (χ1n) is 5.79. The molecule has 0 saturated heterocycles. The number of aromatic nitrogens is 1. The molecule has 1 aromatic rings. The second-order valence-corrected chi connectivity index (χ2v) is 3.52. The van der Waals surface area contributed by atoms with Crippen LogP contribution in [0.2, 0.25) is 0 Å². The van der Waals surface area contributed by atoms with E-state index in [0.717, 1.165) is 18.7 Å². The van der Waals surface area contributed by atoms with Gasteiger partial charge >= 0.3 is 0 Å². The van der Waals surface area contributed by atoms with E-state index in [1.807, 2.05) is 19.1 Å². The van der Waals surface area contributed by atoms with Crippen LogP contribution < -0.4 is 15.4 Å². The molecule has 0 fully saturated rings. The van der Waals surface area contributed by atoms with E-state index in [4.69, 9.17) is 4.74 Å². The molecule has 17 heavy (non-hydrogen) atoms. The van der Waals surface area contributed by atoms with Crippen LogP contribution in [0.15, 0.2) is 18.3 Å². The lowest BCUT2D eigenvalue weighted by Crippen LogP contribution is -2.18. The minimum Gasteiger partial charge on any atom is -0.478 e. The summed E-state index contributed by atoms with van der Waals surface area (Å²) < 4.78 is 5.24. The monoisotopic (exact) mass is 237 g/mol. The molecule has 5 heteroatoms. The van der Waals surface area contributed by atoms with Crippen molar-refractivity contribution >= 4 is 11.6 Å². The number of nitrogens with one attached hydrogen (secondary N) is 2. The lowest BCUT2D eigenvalue weighted by molar-refractivity contribution is -0.120. The molecule has 94 valence electrons. The summed E-state index contributed by atoms with van der Waals surface area (Å²) in [6, 6.07) is 3.74. The minimum absolute atomic E-state index is 0.0663. The van der Waals surface area contributed by atoms with E-state index in [-0.39, 0.29) is 5.91 Å². The van der Waals surface area contributed by atoms with Crippen LogP contribution in [0.3, 0.4) is 0 Å². The molecule has 1 rings (SSSR count). The second kappa shape index (κ2) is 7.49. The van der Waals surface area contributed by atoms with E-state index in [2.05, 4.69) is 15.6 Å². The van der Waals surface area contributed by atoms with E-state index < -0.39 is 0 Å². The van der Waals surface area contributed by atoms with Crippen LogP contribution in [-0.4, -0.2) is 31.1 Å². The van der Waals surface area contributed by atoms with Crippen molar-refractivity contribution in [2.24, 2.45) is 0 Å². The molecule has 0 atom stereocenters. The highest BCUT2D eigenvalue weighted by Gasteiger charge is 1.98. The van der Waals surface area contributed by atoms with Gasteiger partial charge in [0.2, 0.25) is 11.8 Å².